The van der Waals surface area contributed by atoms with Gasteiger partial charge >= 0.3 is 0 Å². The van der Waals surface area contributed by atoms with Crippen LogP contribution in [0.15, 0.2) is 48.7 Å². The Balaban J connectivity index is 1.58. The van der Waals surface area contributed by atoms with Crippen LogP contribution >= 0.6 is 0 Å². The fourth-order valence-electron chi connectivity index (χ4n) is 4.57. The van der Waals surface area contributed by atoms with E-state index in [0.717, 1.165) is 31.5 Å². The van der Waals surface area contributed by atoms with Crippen molar-refractivity contribution >= 4 is 5.91 Å². The number of amides is 1. The van der Waals surface area contributed by atoms with Crippen LogP contribution in [0, 0.1) is 0 Å². The summed E-state index contributed by atoms with van der Waals surface area (Å²) in [4.78, 5) is 22.5. The highest BCUT2D eigenvalue weighted by molar-refractivity contribution is 5.83. The van der Waals surface area contributed by atoms with Gasteiger partial charge in [0.1, 0.15) is 0 Å². The summed E-state index contributed by atoms with van der Waals surface area (Å²) < 4.78 is 0. The normalized spacial score (nSPS) is 20.9. The minimum atomic E-state index is -0.0782. The third-order valence-corrected chi connectivity index (χ3v) is 6.13. The smallest absolute Gasteiger partial charge is 0.240 e. The molecule has 27 heavy (non-hydrogen) atoms. The molecule has 2 heterocycles. The Morgan fingerprint density at radius 3 is 2.56 bits per heavy atom. The van der Waals surface area contributed by atoms with Gasteiger partial charge in [-0.3, -0.25) is 14.7 Å². The van der Waals surface area contributed by atoms with E-state index in [1.807, 2.05) is 24.4 Å². The van der Waals surface area contributed by atoms with Gasteiger partial charge in [0.25, 0.3) is 0 Å². The van der Waals surface area contributed by atoms with Crippen molar-refractivity contribution in [1.82, 2.24) is 14.8 Å². The standard InChI is InChI=1S/C23H29N3O/c1-25-16-19-10-6-5-9-18(19)15-22(25)23(27)26(21-12-3-2-4-13-21)17-20-11-7-8-14-24-20/h5-11,14,21-22H,2-4,12-13,15-17H2,1H3/t22-/m1/s1. The molecule has 2 aliphatic rings. The van der Waals surface area contributed by atoms with E-state index in [9.17, 15) is 4.79 Å². The van der Waals surface area contributed by atoms with Crippen molar-refractivity contribution in [2.45, 2.75) is 63.7 Å². The Kier molecular flexibility index (Phi) is 5.53. The summed E-state index contributed by atoms with van der Waals surface area (Å²) in [6.45, 7) is 1.46. The molecule has 1 atom stereocenters. The number of carbonyl (C=O) groups excluding carboxylic acids is 1. The average Bonchev–Trinajstić information content (AvgIpc) is 2.72. The van der Waals surface area contributed by atoms with E-state index in [1.54, 1.807) is 0 Å². The van der Waals surface area contributed by atoms with E-state index in [-0.39, 0.29) is 11.9 Å². The Morgan fingerprint density at radius 1 is 1.07 bits per heavy atom. The number of rotatable bonds is 4. The van der Waals surface area contributed by atoms with Gasteiger partial charge in [-0.25, -0.2) is 0 Å². The predicted molar refractivity (Wildman–Crippen MR) is 107 cm³/mol. The number of carbonyl (C=O) groups is 1. The molecule has 1 saturated carbocycles. The molecule has 0 unspecified atom stereocenters. The van der Waals surface area contributed by atoms with Crippen molar-refractivity contribution in [1.29, 1.82) is 0 Å². The van der Waals surface area contributed by atoms with Gasteiger partial charge in [0.2, 0.25) is 5.91 Å². The molecule has 1 aromatic heterocycles. The fraction of sp³-hybridized carbons (Fsp3) is 0.478. The van der Waals surface area contributed by atoms with Gasteiger partial charge in [0.05, 0.1) is 18.3 Å². The van der Waals surface area contributed by atoms with E-state index >= 15 is 0 Å². The number of benzene rings is 1. The first-order chi connectivity index (χ1) is 13.2. The lowest BCUT2D eigenvalue weighted by atomic mass is 9.90. The van der Waals surface area contributed by atoms with E-state index in [0.29, 0.717) is 12.6 Å². The molecule has 4 nitrogen and oxygen atoms in total. The number of aromatic nitrogens is 1. The van der Waals surface area contributed by atoms with Crippen LogP contribution in [0.4, 0.5) is 0 Å². The SMILES string of the molecule is CN1Cc2ccccc2C[C@@H]1C(=O)N(Cc1ccccn1)C1CCCCC1. The summed E-state index contributed by atoms with van der Waals surface area (Å²) in [5, 5.41) is 0. The molecular formula is C23H29N3O. The molecule has 2 aromatic rings. The lowest BCUT2D eigenvalue weighted by Crippen LogP contribution is -2.53. The highest BCUT2D eigenvalue weighted by Crippen LogP contribution is 2.28. The first-order valence-electron chi connectivity index (χ1n) is 10.2. The van der Waals surface area contributed by atoms with Crippen LogP contribution in [0.25, 0.3) is 0 Å². The largest absolute Gasteiger partial charge is 0.332 e. The molecule has 4 heteroatoms. The van der Waals surface area contributed by atoms with Crippen molar-refractivity contribution in [2.75, 3.05) is 7.05 Å². The molecule has 0 bridgehead atoms. The maximum Gasteiger partial charge on any atom is 0.240 e. The molecule has 1 aliphatic carbocycles. The van der Waals surface area contributed by atoms with E-state index in [4.69, 9.17) is 0 Å². The van der Waals surface area contributed by atoms with Crippen LogP contribution in [0.5, 0.6) is 0 Å². The lowest BCUT2D eigenvalue weighted by Gasteiger charge is -2.40. The summed E-state index contributed by atoms with van der Waals surface area (Å²) in [6.07, 6.45) is 8.59. The molecule has 1 aliphatic heterocycles. The third-order valence-electron chi connectivity index (χ3n) is 6.13. The summed E-state index contributed by atoms with van der Waals surface area (Å²) in [5.74, 6) is 0.268. The molecule has 0 radical (unpaired) electrons. The lowest BCUT2D eigenvalue weighted by molar-refractivity contribution is -0.141. The third kappa shape index (κ3) is 4.06. The fourth-order valence-corrected chi connectivity index (χ4v) is 4.57. The molecule has 0 N–H and O–H groups in total. The minimum absolute atomic E-state index is 0.0782. The first-order valence-corrected chi connectivity index (χ1v) is 10.2. The van der Waals surface area contributed by atoms with Gasteiger partial charge in [-0.2, -0.15) is 0 Å². The van der Waals surface area contributed by atoms with E-state index in [1.165, 1.54) is 30.4 Å². The zero-order chi connectivity index (χ0) is 18.6. The van der Waals surface area contributed by atoms with Crippen molar-refractivity contribution in [3.05, 3.63) is 65.5 Å². The van der Waals surface area contributed by atoms with Gasteiger partial charge in [-0.05, 0) is 49.6 Å². The second kappa shape index (κ2) is 8.22. The number of likely N-dealkylation sites (N-methyl/N-ethyl adjacent to an activating group) is 1. The summed E-state index contributed by atoms with van der Waals surface area (Å²) in [5.41, 5.74) is 3.64. The molecule has 1 amide bonds. The monoisotopic (exact) mass is 363 g/mol. The van der Waals surface area contributed by atoms with Gasteiger partial charge in [-0.15, -0.1) is 0 Å². The molecule has 1 fully saturated rings. The van der Waals surface area contributed by atoms with Crippen LogP contribution in [0.2, 0.25) is 0 Å². The number of hydrogen-bond donors (Lipinski definition) is 0. The van der Waals surface area contributed by atoms with Gasteiger partial charge in [0, 0.05) is 18.8 Å². The van der Waals surface area contributed by atoms with E-state index in [2.05, 4.69) is 46.1 Å². The Hall–Kier alpha value is -2.20. The second-order valence-corrected chi connectivity index (χ2v) is 7.98. The average molecular weight is 364 g/mol. The van der Waals surface area contributed by atoms with Gasteiger partial charge < -0.3 is 4.90 Å². The van der Waals surface area contributed by atoms with Gasteiger partial charge in [-0.1, -0.05) is 49.6 Å². The highest BCUT2D eigenvalue weighted by atomic mass is 16.2. The number of fused-ring (bicyclic) bond motifs is 1. The maximum absolute atomic E-state index is 13.7. The van der Waals surface area contributed by atoms with Crippen LogP contribution in [-0.2, 0) is 24.3 Å². The Labute approximate surface area is 162 Å². The first kappa shape index (κ1) is 18.2. The molecule has 4 rings (SSSR count). The van der Waals surface area contributed by atoms with Crippen molar-refractivity contribution < 1.29 is 4.79 Å². The van der Waals surface area contributed by atoms with Gasteiger partial charge in [0.15, 0.2) is 0 Å². The zero-order valence-electron chi connectivity index (χ0n) is 16.2. The summed E-state index contributed by atoms with van der Waals surface area (Å²) in [6, 6.07) is 14.8. The number of hydrogen-bond acceptors (Lipinski definition) is 3. The molecular weight excluding hydrogens is 334 g/mol. The molecule has 1 aromatic carbocycles. The Morgan fingerprint density at radius 2 is 1.81 bits per heavy atom. The molecule has 0 spiro atoms. The molecule has 142 valence electrons. The summed E-state index contributed by atoms with van der Waals surface area (Å²) in [7, 11) is 2.08. The van der Waals surface area contributed by atoms with Crippen LogP contribution in [-0.4, -0.2) is 39.8 Å². The predicted octanol–water partition coefficient (Wildman–Crippen LogP) is 3.80. The quantitative estimate of drug-likeness (QED) is 0.829. The number of pyridine rings is 1. The molecule has 0 saturated heterocycles. The minimum Gasteiger partial charge on any atom is -0.332 e. The van der Waals surface area contributed by atoms with E-state index < -0.39 is 0 Å². The second-order valence-electron chi connectivity index (χ2n) is 7.98. The Bertz CT molecular complexity index is 770. The maximum atomic E-state index is 13.7. The van der Waals surface area contributed by atoms with Crippen molar-refractivity contribution in [3.8, 4) is 0 Å². The summed E-state index contributed by atoms with van der Waals surface area (Å²) >= 11 is 0. The van der Waals surface area contributed by atoms with Crippen LogP contribution in [0.3, 0.4) is 0 Å². The van der Waals surface area contributed by atoms with Crippen LogP contribution in [0.1, 0.15) is 48.9 Å². The topological polar surface area (TPSA) is 36.4 Å². The highest BCUT2D eigenvalue weighted by Gasteiger charge is 2.35. The van der Waals surface area contributed by atoms with Crippen LogP contribution < -0.4 is 0 Å². The zero-order valence-corrected chi connectivity index (χ0v) is 16.2. The van der Waals surface area contributed by atoms with Crippen molar-refractivity contribution in [3.63, 3.8) is 0 Å². The van der Waals surface area contributed by atoms with Crippen molar-refractivity contribution in [2.24, 2.45) is 0 Å². The number of nitrogens with zero attached hydrogens (tertiary/aromatic N) is 3.